The molecule has 6 heteroatoms. The molecule has 2 N–H and O–H groups in total. The van der Waals surface area contributed by atoms with Gasteiger partial charge in [0.25, 0.3) is 0 Å². The van der Waals surface area contributed by atoms with Crippen molar-refractivity contribution < 1.29 is 13.2 Å². The van der Waals surface area contributed by atoms with E-state index in [1.54, 1.807) is 13.0 Å². The number of hydrogen-bond acceptors (Lipinski definition) is 4. The third-order valence-electron chi connectivity index (χ3n) is 2.05. The van der Waals surface area contributed by atoms with Crippen molar-refractivity contribution in [1.29, 1.82) is 0 Å². The Hall–Kier alpha value is -1.43. The topological polar surface area (TPSA) is 90.1 Å². The van der Waals surface area contributed by atoms with Gasteiger partial charge in [-0.1, -0.05) is 6.92 Å². The molecule has 87 valence electrons. The predicted molar refractivity (Wildman–Crippen MR) is 59.2 cm³/mol. The molecule has 16 heavy (non-hydrogen) atoms. The van der Waals surface area contributed by atoms with Crippen LogP contribution in [0.15, 0.2) is 23.4 Å². The third kappa shape index (κ3) is 3.30. The predicted octanol–water partition coefficient (Wildman–Crippen LogP) is 0.303. The molecule has 0 unspecified atom stereocenters. The van der Waals surface area contributed by atoms with Crippen LogP contribution in [0.1, 0.15) is 18.9 Å². The molecule has 0 aromatic carbocycles. The summed E-state index contributed by atoms with van der Waals surface area (Å²) in [4.78, 5) is 14.5. The Bertz CT molecular complexity index is 497. The first-order valence-electron chi connectivity index (χ1n) is 4.58. The lowest BCUT2D eigenvalue weighted by Gasteiger charge is -2.09. The minimum atomic E-state index is -3.33. The van der Waals surface area contributed by atoms with E-state index in [0.717, 1.165) is 12.2 Å². The number of nitrogens with two attached hydrogens (primary N) is 1. The van der Waals surface area contributed by atoms with Crippen molar-refractivity contribution in [3.63, 3.8) is 0 Å². The fourth-order valence-electron chi connectivity index (χ4n) is 1.24. The van der Waals surface area contributed by atoms with Gasteiger partial charge in [0.15, 0.2) is 14.9 Å². The normalized spacial score (nSPS) is 11.7. The molecule has 0 aliphatic carbocycles. The first-order chi connectivity index (χ1) is 7.30. The summed E-state index contributed by atoms with van der Waals surface area (Å²) in [5.74, 6) is 0.273. The molecule has 0 saturated carbocycles. The van der Waals surface area contributed by atoms with Gasteiger partial charge in [0, 0.05) is 24.8 Å². The maximum atomic E-state index is 11.3. The molecule has 1 heterocycles. The molecule has 0 bridgehead atoms. The lowest BCUT2D eigenvalue weighted by atomic mass is 9.99. The number of aromatic nitrogens is 1. The molecule has 0 spiro atoms. The second-order valence-corrected chi connectivity index (χ2v) is 5.54. The molecule has 0 saturated heterocycles. The highest BCUT2D eigenvalue weighted by Crippen LogP contribution is 2.19. The minimum absolute atomic E-state index is 0.00572. The molecule has 0 atom stereocenters. The van der Waals surface area contributed by atoms with Crippen LogP contribution in [0.25, 0.3) is 0 Å². The highest BCUT2D eigenvalue weighted by Gasteiger charge is 2.14. The maximum absolute atomic E-state index is 11.3. The molecular formula is C10H13N2O3S. The number of rotatable bonds is 4. The average molecular weight is 241 g/mol. The van der Waals surface area contributed by atoms with Crippen molar-refractivity contribution in [2.24, 2.45) is 5.73 Å². The van der Waals surface area contributed by atoms with Gasteiger partial charge >= 0.3 is 0 Å². The van der Waals surface area contributed by atoms with Crippen molar-refractivity contribution in [3.05, 3.63) is 29.8 Å². The van der Waals surface area contributed by atoms with Crippen molar-refractivity contribution in [3.8, 4) is 0 Å². The third-order valence-corrected chi connectivity index (χ3v) is 3.03. The molecule has 5 nitrogen and oxygen atoms in total. The van der Waals surface area contributed by atoms with Crippen molar-refractivity contribution in [1.82, 2.24) is 4.98 Å². The summed E-state index contributed by atoms with van der Waals surface area (Å²) in [6.07, 6.45) is 2.59. The van der Waals surface area contributed by atoms with E-state index in [0.29, 0.717) is 5.56 Å². The van der Waals surface area contributed by atoms with Gasteiger partial charge < -0.3 is 5.73 Å². The van der Waals surface area contributed by atoms with Crippen LogP contribution in [-0.2, 0) is 14.6 Å². The number of pyridine rings is 1. The molecule has 0 aliphatic rings. The molecule has 1 radical (unpaired) electrons. The molecule has 1 aromatic heterocycles. The number of sulfone groups is 1. The van der Waals surface area contributed by atoms with E-state index in [1.807, 2.05) is 0 Å². The monoisotopic (exact) mass is 241 g/mol. The zero-order valence-electron chi connectivity index (χ0n) is 9.10. The van der Waals surface area contributed by atoms with Gasteiger partial charge in [-0.25, -0.2) is 13.4 Å². The van der Waals surface area contributed by atoms with E-state index in [-0.39, 0.29) is 11.4 Å². The van der Waals surface area contributed by atoms with Crippen LogP contribution >= 0.6 is 0 Å². The number of nitrogens with zero attached hydrogens (tertiary/aromatic N) is 1. The van der Waals surface area contributed by atoms with Crippen LogP contribution in [0.4, 0.5) is 0 Å². The molecule has 1 rings (SSSR count). The number of carbonyl (C=O) groups excluding carboxylic acids is 1. The van der Waals surface area contributed by atoms with Gasteiger partial charge in [0.05, 0.1) is 0 Å². The van der Waals surface area contributed by atoms with Crippen molar-refractivity contribution in [2.45, 2.75) is 18.4 Å². The maximum Gasteiger partial charge on any atom is 0.218 e. The van der Waals surface area contributed by atoms with Crippen molar-refractivity contribution >= 4 is 15.7 Å². The summed E-state index contributed by atoms with van der Waals surface area (Å²) in [6.45, 7) is 1.73. The van der Waals surface area contributed by atoms with Crippen LogP contribution in [-0.4, -0.2) is 25.6 Å². The quantitative estimate of drug-likeness (QED) is 0.821. The first-order valence-corrected chi connectivity index (χ1v) is 6.47. The van der Waals surface area contributed by atoms with E-state index < -0.39 is 15.7 Å². The average Bonchev–Trinajstić information content (AvgIpc) is 2.15. The SMILES string of the molecule is C[C](CC(N)=O)c1ccnc(S(C)(=O)=O)c1. The Morgan fingerprint density at radius 3 is 2.62 bits per heavy atom. The zero-order chi connectivity index (χ0) is 12.3. The summed E-state index contributed by atoms with van der Waals surface area (Å²) in [5.41, 5.74) is 5.72. The summed E-state index contributed by atoms with van der Waals surface area (Å²) in [5, 5.41) is -0.00572. The summed E-state index contributed by atoms with van der Waals surface area (Å²) >= 11 is 0. The van der Waals surface area contributed by atoms with Crippen molar-refractivity contribution in [2.75, 3.05) is 6.26 Å². The molecule has 1 aromatic rings. The second kappa shape index (κ2) is 4.61. The number of hydrogen-bond donors (Lipinski definition) is 1. The molecule has 1 amide bonds. The van der Waals surface area contributed by atoms with Crippen LogP contribution in [0.5, 0.6) is 0 Å². The fourth-order valence-corrected chi connectivity index (χ4v) is 1.83. The lowest BCUT2D eigenvalue weighted by Crippen LogP contribution is -2.14. The fraction of sp³-hybridized carbons (Fsp3) is 0.300. The zero-order valence-corrected chi connectivity index (χ0v) is 9.91. The summed E-state index contributed by atoms with van der Waals surface area (Å²) in [6, 6.07) is 3.08. The Labute approximate surface area is 94.6 Å². The van der Waals surface area contributed by atoms with Gasteiger partial charge in [-0.15, -0.1) is 0 Å². The second-order valence-electron chi connectivity index (χ2n) is 3.58. The Morgan fingerprint density at radius 2 is 2.12 bits per heavy atom. The smallest absolute Gasteiger partial charge is 0.218 e. The van der Waals surface area contributed by atoms with Gasteiger partial charge in [0.2, 0.25) is 5.91 Å². The number of primary amides is 1. The van der Waals surface area contributed by atoms with E-state index >= 15 is 0 Å². The molecule has 0 aliphatic heterocycles. The highest BCUT2D eigenvalue weighted by molar-refractivity contribution is 7.90. The largest absolute Gasteiger partial charge is 0.370 e. The van der Waals surface area contributed by atoms with E-state index in [4.69, 9.17) is 5.73 Å². The Balaban J connectivity index is 3.04. The van der Waals surface area contributed by atoms with E-state index in [9.17, 15) is 13.2 Å². The van der Waals surface area contributed by atoms with Crippen LogP contribution in [0, 0.1) is 5.92 Å². The Kier molecular flexibility index (Phi) is 3.64. The molecular weight excluding hydrogens is 228 g/mol. The van der Waals surface area contributed by atoms with Crippen LogP contribution in [0.2, 0.25) is 0 Å². The number of carbonyl (C=O) groups is 1. The minimum Gasteiger partial charge on any atom is -0.370 e. The summed E-state index contributed by atoms with van der Waals surface area (Å²) < 4.78 is 22.5. The summed E-state index contributed by atoms with van der Waals surface area (Å²) in [7, 11) is -3.33. The van der Waals surface area contributed by atoms with Gasteiger partial charge in [-0.05, 0) is 17.7 Å². The number of amides is 1. The van der Waals surface area contributed by atoms with Gasteiger partial charge in [-0.2, -0.15) is 0 Å². The highest BCUT2D eigenvalue weighted by atomic mass is 32.2. The first kappa shape index (κ1) is 12.6. The Morgan fingerprint density at radius 1 is 1.50 bits per heavy atom. The van der Waals surface area contributed by atoms with Crippen LogP contribution < -0.4 is 5.73 Å². The standard InChI is InChI=1S/C10H13N2O3S/c1-7(5-9(11)13)8-3-4-12-10(6-8)16(2,14)15/h3-4,6H,5H2,1-2H3,(H2,11,13). The molecule has 0 fully saturated rings. The van der Waals surface area contributed by atoms with E-state index in [1.165, 1.54) is 12.3 Å². The van der Waals surface area contributed by atoms with Gasteiger partial charge in [-0.3, -0.25) is 4.79 Å². The van der Waals surface area contributed by atoms with E-state index in [2.05, 4.69) is 4.98 Å². The van der Waals surface area contributed by atoms with Gasteiger partial charge in [0.1, 0.15) is 0 Å². The lowest BCUT2D eigenvalue weighted by molar-refractivity contribution is -0.117. The van der Waals surface area contributed by atoms with Crippen LogP contribution in [0.3, 0.4) is 0 Å².